The Morgan fingerprint density at radius 1 is 1.24 bits per heavy atom. The van der Waals surface area contributed by atoms with E-state index in [-0.39, 0.29) is 0 Å². The van der Waals surface area contributed by atoms with E-state index in [1.54, 1.807) is 6.07 Å². The van der Waals surface area contributed by atoms with E-state index >= 15 is 0 Å². The minimum Gasteiger partial charge on any atom is -0.508 e. The standard InChI is InChI=1S/C14H21NO2/c16-9-3-1-2-8-15-14-7-4-11-10-12(17)5-6-13(11)14/h5-6,10,14-17H,1-4,7-9H2. The van der Waals surface area contributed by atoms with Gasteiger partial charge in [-0.1, -0.05) is 6.07 Å². The Hall–Kier alpha value is -1.06. The first-order chi connectivity index (χ1) is 8.31. The number of hydrogen-bond acceptors (Lipinski definition) is 3. The Kier molecular flexibility index (Phi) is 4.40. The summed E-state index contributed by atoms with van der Waals surface area (Å²) in [6.45, 7) is 1.30. The number of rotatable bonds is 6. The maximum absolute atomic E-state index is 9.41. The number of unbranched alkanes of at least 4 members (excludes halogenated alkanes) is 2. The van der Waals surface area contributed by atoms with Crippen LogP contribution < -0.4 is 5.32 Å². The molecule has 94 valence electrons. The molecule has 0 bridgehead atoms. The fraction of sp³-hybridized carbons (Fsp3) is 0.571. The molecule has 1 aliphatic carbocycles. The minimum atomic E-state index is 0.297. The third-order valence-corrected chi connectivity index (χ3v) is 3.43. The van der Waals surface area contributed by atoms with Crippen molar-refractivity contribution in [3.8, 4) is 5.75 Å². The number of aryl methyl sites for hydroxylation is 1. The average Bonchev–Trinajstić information content (AvgIpc) is 2.71. The number of aliphatic hydroxyl groups is 1. The van der Waals surface area contributed by atoms with Gasteiger partial charge < -0.3 is 15.5 Å². The predicted molar refractivity (Wildman–Crippen MR) is 68.1 cm³/mol. The van der Waals surface area contributed by atoms with Crippen LogP contribution in [0.5, 0.6) is 5.75 Å². The minimum absolute atomic E-state index is 0.297. The molecule has 0 saturated heterocycles. The van der Waals surface area contributed by atoms with Gasteiger partial charge in [-0.15, -0.1) is 0 Å². The first-order valence-electron chi connectivity index (χ1n) is 6.47. The van der Waals surface area contributed by atoms with Crippen molar-refractivity contribution in [2.24, 2.45) is 0 Å². The van der Waals surface area contributed by atoms with E-state index in [0.29, 0.717) is 18.4 Å². The number of nitrogens with one attached hydrogen (secondary N) is 1. The van der Waals surface area contributed by atoms with Crippen molar-refractivity contribution in [2.45, 2.75) is 38.1 Å². The molecule has 1 atom stereocenters. The lowest BCUT2D eigenvalue weighted by atomic mass is 10.1. The van der Waals surface area contributed by atoms with Gasteiger partial charge >= 0.3 is 0 Å². The topological polar surface area (TPSA) is 52.5 Å². The molecule has 0 amide bonds. The number of phenols is 1. The van der Waals surface area contributed by atoms with Crippen molar-refractivity contribution < 1.29 is 10.2 Å². The molecule has 0 aliphatic heterocycles. The third-order valence-electron chi connectivity index (χ3n) is 3.43. The van der Waals surface area contributed by atoms with Crippen molar-refractivity contribution >= 4 is 0 Å². The van der Waals surface area contributed by atoms with Crippen LogP contribution in [0.1, 0.15) is 42.9 Å². The molecule has 3 nitrogen and oxygen atoms in total. The quantitative estimate of drug-likeness (QED) is 0.662. The molecule has 0 aromatic heterocycles. The van der Waals surface area contributed by atoms with Gasteiger partial charge in [-0.3, -0.25) is 0 Å². The van der Waals surface area contributed by atoms with Crippen LogP contribution in [0.2, 0.25) is 0 Å². The molecule has 0 spiro atoms. The van der Waals surface area contributed by atoms with Gasteiger partial charge in [0.25, 0.3) is 0 Å². The molecule has 1 unspecified atom stereocenters. The fourth-order valence-corrected chi connectivity index (χ4v) is 2.51. The highest BCUT2D eigenvalue weighted by molar-refractivity contribution is 5.39. The van der Waals surface area contributed by atoms with E-state index in [1.165, 1.54) is 11.1 Å². The van der Waals surface area contributed by atoms with E-state index in [4.69, 9.17) is 5.11 Å². The van der Waals surface area contributed by atoms with Gasteiger partial charge in [-0.2, -0.15) is 0 Å². The summed E-state index contributed by atoms with van der Waals surface area (Å²) < 4.78 is 0. The molecule has 1 aromatic rings. The highest BCUT2D eigenvalue weighted by atomic mass is 16.3. The zero-order chi connectivity index (χ0) is 12.1. The molecule has 0 heterocycles. The van der Waals surface area contributed by atoms with Crippen LogP contribution in [0.25, 0.3) is 0 Å². The largest absolute Gasteiger partial charge is 0.508 e. The smallest absolute Gasteiger partial charge is 0.115 e. The number of aromatic hydroxyl groups is 1. The Labute approximate surface area is 102 Å². The lowest BCUT2D eigenvalue weighted by Crippen LogP contribution is -2.20. The van der Waals surface area contributed by atoms with Crippen LogP contribution in [-0.4, -0.2) is 23.4 Å². The normalized spacial score (nSPS) is 18.3. The lowest BCUT2D eigenvalue weighted by molar-refractivity contribution is 0.282. The Morgan fingerprint density at radius 3 is 2.94 bits per heavy atom. The van der Waals surface area contributed by atoms with Gasteiger partial charge in [0.15, 0.2) is 0 Å². The molecule has 3 N–H and O–H groups in total. The molecular formula is C14H21NO2. The van der Waals surface area contributed by atoms with Crippen LogP contribution in [0.15, 0.2) is 18.2 Å². The molecule has 17 heavy (non-hydrogen) atoms. The first-order valence-corrected chi connectivity index (χ1v) is 6.47. The van der Waals surface area contributed by atoms with Gasteiger partial charge in [0.2, 0.25) is 0 Å². The number of aliphatic hydroxyl groups excluding tert-OH is 1. The van der Waals surface area contributed by atoms with Crippen molar-refractivity contribution in [2.75, 3.05) is 13.2 Å². The number of benzene rings is 1. The van der Waals surface area contributed by atoms with E-state index in [2.05, 4.69) is 5.32 Å². The van der Waals surface area contributed by atoms with Gasteiger partial charge in [0, 0.05) is 12.6 Å². The van der Waals surface area contributed by atoms with E-state index in [0.717, 1.165) is 38.6 Å². The van der Waals surface area contributed by atoms with Crippen LogP contribution >= 0.6 is 0 Å². The zero-order valence-corrected chi connectivity index (χ0v) is 10.2. The van der Waals surface area contributed by atoms with E-state index < -0.39 is 0 Å². The lowest BCUT2D eigenvalue weighted by Gasteiger charge is -2.13. The second-order valence-corrected chi connectivity index (χ2v) is 4.71. The van der Waals surface area contributed by atoms with Crippen molar-refractivity contribution in [1.29, 1.82) is 0 Å². The molecular weight excluding hydrogens is 214 g/mol. The van der Waals surface area contributed by atoms with Crippen LogP contribution in [-0.2, 0) is 6.42 Å². The van der Waals surface area contributed by atoms with Gasteiger partial charge in [0.1, 0.15) is 5.75 Å². The highest BCUT2D eigenvalue weighted by Gasteiger charge is 2.21. The van der Waals surface area contributed by atoms with Crippen molar-refractivity contribution in [3.63, 3.8) is 0 Å². The molecule has 0 saturated carbocycles. The third kappa shape index (κ3) is 3.20. The second kappa shape index (κ2) is 6.03. The van der Waals surface area contributed by atoms with Crippen LogP contribution in [0.3, 0.4) is 0 Å². The maximum Gasteiger partial charge on any atom is 0.115 e. The van der Waals surface area contributed by atoms with Gasteiger partial charge in [-0.05, 0) is 61.9 Å². The zero-order valence-electron chi connectivity index (χ0n) is 10.2. The summed E-state index contributed by atoms with van der Waals surface area (Å²) >= 11 is 0. The van der Waals surface area contributed by atoms with E-state index in [9.17, 15) is 5.11 Å². The Bertz CT molecular complexity index is 365. The molecule has 1 aliphatic rings. The van der Waals surface area contributed by atoms with Gasteiger partial charge in [0.05, 0.1) is 0 Å². The molecule has 0 fully saturated rings. The predicted octanol–water partition coefficient (Wildman–Crippen LogP) is 2.13. The summed E-state index contributed by atoms with van der Waals surface area (Å²) in [5.74, 6) is 0.368. The summed E-state index contributed by atoms with van der Waals surface area (Å²) in [7, 11) is 0. The Balaban J connectivity index is 1.81. The summed E-state index contributed by atoms with van der Waals surface area (Å²) in [6.07, 6.45) is 5.27. The molecule has 2 rings (SSSR count). The number of fused-ring (bicyclic) bond motifs is 1. The Morgan fingerprint density at radius 2 is 2.12 bits per heavy atom. The molecule has 1 aromatic carbocycles. The maximum atomic E-state index is 9.41. The number of phenolic OH excluding ortho intramolecular Hbond substituents is 1. The summed E-state index contributed by atoms with van der Waals surface area (Å²) in [5, 5.41) is 21.7. The summed E-state index contributed by atoms with van der Waals surface area (Å²) in [5.41, 5.74) is 2.61. The van der Waals surface area contributed by atoms with Gasteiger partial charge in [-0.25, -0.2) is 0 Å². The first kappa shape index (κ1) is 12.4. The molecule has 0 radical (unpaired) electrons. The number of hydrogen-bond donors (Lipinski definition) is 3. The SMILES string of the molecule is OCCCCCNC1CCc2cc(O)ccc21. The van der Waals surface area contributed by atoms with Crippen LogP contribution in [0, 0.1) is 0 Å². The summed E-state index contributed by atoms with van der Waals surface area (Å²) in [6, 6.07) is 6.12. The fourth-order valence-electron chi connectivity index (χ4n) is 2.51. The van der Waals surface area contributed by atoms with Crippen molar-refractivity contribution in [3.05, 3.63) is 29.3 Å². The molecule has 3 heteroatoms. The average molecular weight is 235 g/mol. The van der Waals surface area contributed by atoms with Crippen LogP contribution in [0.4, 0.5) is 0 Å². The highest BCUT2D eigenvalue weighted by Crippen LogP contribution is 2.33. The monoisotopic (exact) mass is 235 g/mol. The van der Waals surface area contributed by atoms with Crippen molar-refractivity contribution in [1.82, 2.24) is 5.32 Å². The second-order valence-electron chi connectivity index (χ2n) is 4.71. The summed E-state index contributed by atoms with van der Waals surface area (Å²) in [4.78, 5) is 0. The van der Waals surface area contributed by atoms with E-state index in [1.807, 2.05) is 12.1 Å².